The summed E-state index contributed by atoms with van der Waals surface area (Å²) in [7, 11) is 0. The van der Waals surface area contributed by atoms with Gasteiger partial charge in [0.15, 0.2) is 0 Å². The van der Waals surface area contributed by atoms with E-state index in [-0.39, 0.29) is 17.9 Å². The molecule has 0 spiro atoms. The smallest absolute Gasteiger partial charge is 0.255 e. The highest BCUT2D eigenvalue weighted by atomic mass is 35.5. The van der Waals surface area contributed by atoms with E-state index in [2.05, 4.69) is 10.5 Å². The summed E-state index contributed by atoms with van der Waals surface area (Å²) < 4.78 is 4.87. The minimum atomic E-state index is -0.398. The van der Waals surface area contributed by atoms with Crippen LogP contribution in [0.25, 0.3) is 0 Å². The number of carbonyl (C=O) groups is 1. The van der Waals surface area contributed by atoms with Crippen LogP contribution in [0.3, 0.4) is 0 Å². The van der Waals surface area contributed by atoms with Crippen LogP contribution in [0.15, 0.2) is 28.8 Å². The van der Waals surface area contributed by atoms with Crippen LogP contribution in [0.4, 0.5) is 0 Å². The Hall–Kier alpha value is -2.01. The summed E-state index contributed by atoms with van der Waals surface area (Å²) in [6, 6.07) is 6.04. The van der Waals surface area contributed by atoms with Gasteiger partial charge >= 0.3 is 0 Å². The van der Waals surface area contributed by atoms with E-state index in [1.165, 1.54) is 18.2 Å². The van der Waals surface area contributed by atoms with Gasteiger partial charge in [-0.05, 0) is 25.1 Å². The fourth-order valence-electron chi connectivity index (χ4n) is 1.46. The van der Waals surface area contributed by atoms with E-state index < -0.39 is 5.91 Å². The number of aromatic hydroxyl groups is 1. The van der Waals surface area contributed by atoms with Crippen LogP contribution in [0, 0.1) is 6.92 Å². The molecule has 1 aromatic carbocycles. The monoisotopic (exact) mass is 266 g/mol. The maximum Gasteiger partial charge on any atom is 0.255 e. The molecule has 1 aromatic heterocycles. The molecule has 0 saturated heterocycles. The van der Waals surface area contributed by atoms with Gasteiger partial charge in [-0.25, -0.2) is 0 Å². The molecule has 0 radical (unpaired) electrons. The van der Waals surface area contributed by atoms with Gasteiger partial charge in [-0.15, -0.1) is 0 Å². The minimum absolute atomic E-state index is 0.156. The summed E-state index contributed by atoms with van der Waals surface area (Å²) in [6.07, 6.45) is 0. The summed E-state index contributed by atoms with van der Waals surface area (Å²) in [5.74, 6) is 0.120. The molecular weight excluding hydrogens is 256 g/mol. The molecule has 0 saturated carbocycles. The molecule has 5 nitrogen and oxygen atoms in total. The van der Waals surface area contributed by atoms with Crippen molar-refractivity contribution in [3.05, 3.63) is 46.3 Å². The molecule has 0 fully saturated rings. The van der Waals surface area contributed by atoms with Gasteiger partial charge in [0, 0.05) is 11.1 Å². The van der Waals surface area contributed by atoms with Gasteiger partial charge in [-0.2, -0.15) is 0 Å². The molecule has 1 heterocycles. The number of rotatable bonds is 3. The lowest BCUT2D eigenvalue weighted by Gasteiger charge is -2.05. The summed E-state index contributed by atoms with van der Waals surface area (Å²) in [6.45, 7) is 2.00. The molecule has 0 bridgehead atoms. The van der Waals surface area contributed by atoms with E-state index in [1.807, 2.05) is 0 Å². The SMILES string of the molecule is Cc1cc(CNC(=O)c2ccc(Cl)cc2O)no1. The number of nitrogens with one attached hydrogen (secondary N) is 1. The Morgan fingerprint density at radius 2 is 2.28 bits per heavy atom. The van der Waals surface area contributed by atoms with E-state index in [0.29, 0.717) is 16.5 Å². The summed E-state index contributed by atoms with van der Waals surface area (Å²) in [4.78, 5) is 11.8. The number of carbonyl (C=O) groups excluding carboxylic acids is 1. The number of hydrogen-bond donors (Lipinski definition) is 2. The molecule has 18 heavy (non-hydrogen) atoms. The topological polar surface area (TPSA) is 75.4 Å². The van der Waals surface area contributed by atoms with Gasteiger partial charge in [0.25, 0.3) is 5.91 Å². The van der Waals surface area contributed by atoms with Gasteiger partial charge in [0.1, 0.15) is 17.2 Å². The molecule has 2 N–H and O–H groups in total. The van der Waals surface area contributed by atoms with Crippen LogP contribution < -0.4 is 5.32 Å². The number of phenols is 1. The molecule has 6 heteroatoms. The average molecular weight is 267 g/mol. The number of aromatic nitrogens is 1. The highest BCUT2D eigenvalue weighted by molar-refractivity contribution is 6.30. The van der Waals surface area contributed by atoms with E-state index in [4.69, 9.17) is 16.1 Å². The van der Waals surface area contributed by atoms with Crippen molar-refractivity contribution < 1.29 is 14.4 Å². The molecule has 0 aliphatic carbocycles. The highest BCUT2D eigenvalue weighted by Gasteiger charge is 2.11. The first kappa shape index (κ1) is 12.4. The van der Waals surface area contributed by atoms with Gasteiger partial charge in [-0.3, -0.25) is 4.79 Å². The molecular formula is C12H11ClN2O3. The molecule has 0 aliphatic rings. The Kier molecular flexibility index (Phi) is 3.53. The second-order valence-corrected chi connectivity index (χ2v) is 4.21. The Morgan fingerprint density at radius 1 is 1.50 bits per heavy atom. The van der Waals surface area contributed by atoms with E-state index in [9.17, 15) is 9.90 Å². The fourth-order valence-corrected chi connectivity index (χ4v) is 1.63. The lowest BCUT2D eigenvalue weighted by Crippen LogP contribution is -2.22. The van der Waals surface area contributed by atoms with E-state index in [1.54, 1.807) is 13.0 Å². The van der Waals surface area contributed by atoms with Crippen LogP contribution in [0.1, 0.15) is 21.8 Å². The second kappa shape index (κ2) is 5.10. The largest absolute Gasteiger partial charge is 0.507 e. The number of amides is 1. The molecule has 0 unspecified atom stereocenters. The van der Waals surface area contributed by atoms with Crippen molar-refractivity contribution in [3.8, 4) is 5.75 Å². The zero-order valence-corrected chi connectivity index (χ0v) is 10.4. The van der Waals surface area contributed by atoms with E-state index in [0.717, 1.165) is 0 Å². The van der Waals surface area contributed by atoms with Crippen molar-refractivity contribution >= 4 is 17.5 Å². The summed E-state index contributed by atoms with van der Waals surface area (Å²) in [5.41, 5.74) is 0.786. The van der Waals surface area contributed by atoms with Crippen LogP contribution >= 0.6 is 11.6 Å². The molecule has 2 aromatic rings. The van der Waals surface area contributed by atoms with Crippen molar-refractivity contribution in [2.75, 3.05) is 0 Å². The fraction of sp³-hybridized carbons (Fsp3) is 0.167. The minimum Gasteiger partial charge on any atom is -0.507 e. The molecule has 1 amide bonds. The quantitative estimate of drug-likeness (QED) is 0.894. The Morgan fingerprint density at radius 3 is 2.89 bits per heavy atom. The first-order valence-electron chi connectivity index (χ1n) is 5.25. The van der Waals surface area contributed by atoms with Crippen molar-refractivity contribution in [1.29, 1.82) is 0 Å². The normalized spacial score (nSPS) is 10.3. The third-order valence-electron chi connectivity index (χ3n) is 2.31. The predicted molar refractivity (Wildman–Crippen MR) is 65.5 cm³/mol. The van der Waals surface area contributed by atoms with Crippen LogP contribution in [0.5, 0.6) is 5.75 Å². The highest BCUT2D eigenvalue weighted by Crippen LogP contribution is 2.21. The molecule has 94 valence electrons. The van der Waals surface area contributed by atoms with Gasteiger partial charge < -0.3 is 14.9 Å². The number of halogens is 1. The van der Waals surface area contributed by atoms with Gasteiger partial charge in [-0.1, -0.05) is 16.8 Å². The second-order valence-electron chi connectivity index (χ2n) is 3.77. The van der Waals surface area contributed by atoms with Crippen molar-refractivity contribution in [2.45, 2.75) is 13.5 Å². The van der Waals surface area contributed by atoms with Crippen LogP contribution in [0.2, 0.25) is 5.02 Å². The third-order valence-corrected chi connectivity index (χ3v) is 2.55. The first-order chi connectivity index (χ1) is 8.56. The number of benzene rings is 1. The number of aryl methyl sites for hydroxylation is 1. The van der Waals surface area contributed by atoms with Gasteiger partial charge in [0.2, 0.25) is 0 Å². The van der Waals surface area contributed by atoms with Crippen LogP contribution in [-0.2, 0) is 6.54 Å². The van der Waals surface area contributed by atoms with Crippen molar-refractivity contribution in [2.24, 2.45) is 0 Å². The Bertz CT molecular complexity index is 580. The zero-order valence-electron chi connectivity index (χ0n) is 9.61. The summed E-state index contributed by atoms with van der Waals surface area (Å²) >= 11 is 5.68. The average Bonchev–Trinajstić information content (AvgIpc) is 2.72. The number of nitrogens with zero attached hydrogens (tertiary/aromatic N) is 1. The van der Waals surface area contributed by atoms with Crippen LogP contribution in [-0.4, -0.2) is 16.2 Å². The zero-order chi connectivity index (χ0) is 13.1. The molecule has 0 atom stereocenters. The predicted octanol–water partition coefficient (Wildman–Crippen LogP) is 2.27. The standard InChI is InChI=1S/C12H11ClN2O3/c1-7-4-9(15-18-7)6-14-12(17)10-3-2-8(13)5-11(10)16/h2-5,16H,6H2,1H3,(H,14,17). The first-order valence-corrected chi connectivity index (χ1v) is 5.63. The lowest BCUT2D eigenvalue weighted by molar-refractivity contribution is 0.0947. The van der Waals surface area contributed by atoms with E-state index >= 15 is 0 Å². The Balaban J connectivity index is 2.03. The third kappa shape index (κ3) is 2.81. The van der Waals surface area contributed by atoms with Crippen molar-refractivity contribution in [1.82, 2.24) is 10.5 Å². The summed E-state index contributed by atoms with van der Waals surface area (Å²) in [5, 5.41) is 16.3. The molecule has 0 aliphatic heterocycles. The molecule has 2 rings (SSSR count). The maximum absolute atomic E-state index is 11.8. The van der Waals surface area contributed by atoms with Gasteiger partial charge in [0.05, 0.1) is 12.1 Å². The van der Waals surface area contributed by atoms with Crippen molar-refractivity contribution in [3.63, 3.8) is 0 Å². The number of phenolic OH excluding ortho intramolecular Hbond substituents is 1. The number of hydrogen-bond acceptors (Lipinski definition) is 4. The lowest BCUT2D eigenvalue weighted by atomic mass is 10.2. The Labute approximate surface area is 108 Å². The maximum atomic E-state index is 11.8.